The van der Waals surface area contributed by atoms with Crippen LogP contribution in [0.2, 0.25) is 0 Å². The van der Waals surface area contributed by atoms with Gasteiger partial charge in [-0.2, -0.15) is 0 Å². The van der Waals surface area contributed by atoms with Crippen LogP contribution in [0, 0.1) is 0 Å². The van der Waals surface area contributed by atoms with Crippen molar-refractivity contribution in [3.63, 3.8) is 0 Å². The molecule has 2 aliphatic rings. The highest BCUT2D eigenvalue weighted by Crippen LogP contribution is 2.38. The third kappa shape index (κ3) is 5.15. The van der Waals surface area contributed by atoms with Crippen molar-refractivity contribution in [2.45, 2.75) is 13.0 Å². The molecule has 0 radical (unpaired) electrons. The van der Waals surface area contributed by atoms with Crippen LogP contribution in [0.3, 0.4) is 0 Å². The average molecular weight is 444 g/mol. The minimum Gasteiger partial charge on any atom is -0.487 e. The number of rotatable bonds is 7. The molecule has 0 aliphatic carbocycles. The molecule has 0 amide bonds. The average Bonchev–Trinajstić information content (AvgIpc) is 3.04. The monoisotopic (exact) mass is 443 g/mol. The van der Waals surface area contributed by atoms with Crippen LogP contribution in [-0.4, -0.2) is 57.9 Å². The molecule has 0 unspecified atom stereocenters. The van der Waals surface area contributed by atoms with Crippen LogP contribution in [-0.2, 0) is 17.8 Å². The summed E-state index contributed by atoms with van der Waals surface area (Å²) in [5.41, 5.74) is 6.31. The van der Waals surface area contributed by atoms with E-state index < -0.39 is 0 Å². The maximum atomic E-state index is 6.11. The Kier molecular flexibility index (Phi) is 6.79. The summed E-state index contributed by atoms with van der Waals surface area (Å²) in [6.07, 6.45) is 1.05. The highest BCUT2D eigenvalue weighted by Gasteiger charge is 2.21. The number of ether oxygens (including phenoxy) is 2. The van der Waals surface area contributed by atoms with Gasteiger partial charge in [-0.1, -0.05) is 42.5 Å². The normalized spacial score (nSPS) is 15.6. The minimum atomic E-state index is 0.611. The standard InChI is InChI=1S/C28H33N3O2/c1-29(15-14-23-10-12-25(13-11-23)30-18-20-32-21-19-30)16-17-31-26-7-3-2-6-24(26)22-33-28-9-5-4-8-27(28)31/h2-13H,14-22H2,1H3. The number of nitrogens with zero attached hydrogens (tertiary/aromatic N) is 3. The molecule has 3 aromatic carbocycles. The van der Waals surface area contributed by atoms with Gasteiger partial charge in [0.05, 0.1) is 18.9 Å². The molecule has 3 aromatic rings. The van der Waals surface area contributed by atoms with Crippen molar-refractivity contribution in [2.75, 3.05) is 62.8 Å². The van der Waals surface area contributed by atoms with Crippen LogP contribution in [0.4, 0.5) is 17.1 Å². The fourth-order valence-corrected chi connectivity index (χ4v) is 4.62. The molecule has 2 heterocycles. The molecule has 0 spiro atoms. The lowest BCUT2D eigenvalue weighted by molar-refractivity contribution is 0.122. The molecule has 0 atom stereocenters. The predicted molar refractivity (Wildman–Crippen MR) is 135 cm³/mol. The number of morpholine rings is 1. The molecule has 2 aliphatic heterocycles. The molecule has 172 valence electrons. The van der Waals surface area contributed by atoms with Gasteiger partial charge >= 0.3 is 0 Å². The van der Waals surface area contributed by atoms with Crippen molar-refractivity contribution >= 4 is 17.1 Å². The molecule has 5 heteroatoms. The van der Waals surface area contributed by atoms with Crippen molar-refractivity contribution in [1.82, 2.24) is 4.90 Å². The van der Waals surface area contributed by atoms with Gasteiger partial charge in [-0.15, -0.1) is 0 Å². The molecule has 33 heavy (non-hydrogen) atoms. The van der Waals surface area contributed by atoms with Gasteiger partial charge in [0.25, 0.3) is 0 Å². The Morgan fingerprint density at radius 1 is 0.818 bits per heavy atom. The van der Waals surface area contributed by atoms with Gasteiger partial charge < -0.3 is 24.2 Å². The Labute approximate surface area is 197 Å². The zero-order chi connectivity index (χ0) is 22.5. The van der Waals surface area contributed by atoms with Gasteiger partial charge in [0.2, 0.25) is 0 Å². The Bertz CT molecular complexity index is 1000. The van der Waals surface area contributed by atoms with Gasteiger partial charge in [0.1, 0.15) is 12.4 Å². The highest BCUT2D eigenvalue weighted by molar-refractivity contribution is 5.72. The summed E-state index contributed by atoms with van der Waals surface area (Å²) >= 11 is 0. The van der Waals surface area contributed by atoms with E-state index in [2.05, 4.69) is 88.5 Å². The lowest BCUT2D eigenvalue weighted by Crippen LogP contribution is -2.36. The summed E-state index contributed by atoms with van der Waals surface area (Å²) in [6.45, 7) is 7.16. The van der Waals surface area contributed by atoms with Crippen molar-refractivity contribution in [1.29, 1.82) is 0 Å². The van der Waals surface area contributed by atoms with Crippen LogP contribution < -0.4 is 14.5 Å². The third-order valence-corrected chi connectivity index (χ3v) is 6.62. The topological polar surface area (TPSA) is 28.2 Å². The maximum Gasteiger partial charge on any atom is 0.143 e. The van der Waals surface area contributed by atoms with Gasteiger partial charge in [-0.3, -0.25) is 0 Å². The van der Waals surface area contributed by atoms with E-state index in [9.17, 15) is 0 Å². The number of hydrogen-bond acceptors (Lipinski definition) is 5. The second-order valence-electron chi connectivity index (χ2n) is 8.86. The quantitative estimate of drug-likeness (QED) is 0.527. The van der Waals surface area contributed by atoms with Crippen LogP contribution >= 0.6 is 0 Å². The zero-order valence-electron chi connectivity index (χ0n) is 19.5. The zero-order valence-corrected chi connectivity index (χ0v) is 19.5. The van der Waals surface area contributed by atoms with Crippen molar-refractivity contribution in [2.24, 2.45) is 0 Å². The molecule has 1 saturated heterocycles. The van der Waals surface area contributed by atoms with Crippen LogP contribution in [0.1, 0.15) is 11.1 Å². The fourth-order valence-electron chi connectivity index (χ4n) is 4.62. The van der Waals surface area contributed by atoms with E-state index in [-0.39, 0.29) is 0 Å². The summed E-state index contributed by atoms with van der Waals surface area (Å²) < 4.78 is 11.6. The van der Waals surface area contributed by atoms with Gasteiger partial charge in [0.15, 0.2) is 0 Å². The van der Waals surface area contributed by atoms with E-state index in [4.69, 9.17) is 9.47 Å². The first-order valence-electron chi connectivity index (χ1n) is 12.0. The number of anilines is 3. The number of hydrogen-bond donors (Lipinski definition) is 0. The Balaban J connectivity index is 1.19. The van der Waals surface area contributed by atoms with E-state index in [1.54, 1.807) is 0 Å². The largest absolute Gasteiger partial charge is 0.487 e. The number of likely N-dealkylation sites (N-methyl/N-ethyl adjacent to an activating group) is 1. The number of para-hydroxylation sites is 3. The molecule has 1 fully saturated rings. The molecule has 0 bridgehead atoms. The Hall–Kier alpha value is -3.02. The summed E-state index contributed by atoms with van der Waals surface area (Å²) in [5.74, 6) is 0.955. The summed E-state index contributed by atoms with van der Waals surface area (Å²) in [5, 5.41) is 0. The van der Waals surface area contributed by atoms with Gasteiger partial charge in [0, 0.05) is 49.7 Å². The summed E-state index contributed by atoms with van der Waals surface area (Å²) in [6, 6.07) is 26.0. The second kappa shape index (κ2) is 10.3. The Morgan fingerprint density at radius 2 is 1.55 bits per heavy atom. The summed E-state index contributed by atoms with van der Waals surface area (Å²) in [7, 11) is 2.22. The molecule has 5 rings (SSSR count). The number of fused-ring (bicyclic) bond motifs is 2. The minimum absolute atomic E-state index is 0.611. The third-order valence-electron chi connectivity index (χ3n) is 6.62. The molecule has 0 aromatic heterocycles. The van der Waals surface area contributed by atoms with E-state index in [1.165, 1.54) is 22.5 Å². The lowest BCUT2D eigenvalue weighted by Gasteiger charge is -2.29. The van der Waals surface area contributed by atoms with Crippen molar-refractivity contribution in [3.8, 4) is 5.75 Å². The van der Waals surface area contributed by atoms with Crippen LogP contribution in [0.15, 0.2) is 72.8 Å². The number of benzene rings is 3. The molecule has 0 saturated carbocycles. The first-order chi connectivity index (χ1) is 16.3. The van der Waals surface area contributed by atoms with E-state index in [1.807, 2.05) is 6.07 Å². The fraction of sp³-hybridized carbons (Fsp3) is 0.357. The first kappa shape index (κ1) is 21.8. The van der Waals surface area contributed by atoms with Crippen molar-refractivity contribution in [3.05, 3.63) is 83.9 Å². The predicted octanol–water partition coefficient (Wildman–Crippen LogP) is 4.73. The van der Waals surface area contributed by atoms with Crippen molar-refractivity contribution < 1.29 is 9.47 Å². The molecule has 5 nitrogen and oxygen atoms in total. The van der Waals surface area contributed by atoms with Crippen LogP contribution in [0.5, 0.6) is 5.75 Å². The first-order valence-corrected chi connectivity index (χ1v) is 12.0. The second-order valence-corrected chi connectivity index (χ2v) is 8.86. The molecular formula is C28H33N3O2. The van der Waals surface area contributed by atoms with E-state index in [0.29, 0.717) is 6.61 Å². The smallest absolute Gasteiger partial charge is 0.143 e. The Morgan fingerprint density at radius 3 is 2.36 bits per heavy atom. The van der Waals surface area contributed by atoms with E-state index >= 15 is 0 Å². The SMILES string of the molecule is CN(CCc1ccc(N2CCOCC2)cc1)CCN1c2ccccc2COc2ccccc21. The lowest BCUT2D eigenvalue weighted by atomic mass is 10.1. The summed E-state index contributed by atoms with van der Waals surface area (Å²) in [4.78, 5) is 7.23. The van der Waals surface area contributed by atoms with E-state index in [0.717, 1.165) is 63.8 Å². The molecular weight excluding hydrogens is 410 g/mol. The van der Waals surface area contributed by atoms with Gasteiger partial charge in [-0.05, 0) is 49.4 Å². The highest BCUT2D eigenvalue weighted by atomic mass is 16.5. The van der Waals surface area contributed by atoms with Crippen LogP contribution in [0.25, 0.3) is 0 Å². The van der Waals surface area contributed by atoms with Gasteiger partial charge in [-0.25, -0.2) is 0 Å². The maximum absolute atomic E-state index is 6.11. The molecule has 0 N–H and O–H groups in total.